The lowest BCUT2D eigenvalue weighted by Crippen LogP contribution is -2.40. The highest BCUT2D eigenvalue weighted by molar-refractivity contribution is 6.03. The molecule has 1 aliphatic carbocycles. The van der Waals surface area contributed by atoms with Crippen molar-refractivity contribution < 1.29 is 18.0 Å². The maximum Gasteiger partial charge on any atom is 0.416 e. The molecule has 5 nitrogen and oxygen atoms in total. The fourth-order valence-electron chi connectivity index (χ4n) is 5.17. The summed E-state index contributed by atoms with van der Waals surface area (Å²) >= 11 is 0. The standard InChI is InChI=1S/C28H23F3N4O/c1-27(2)14-22-25(23(36)15-27)24(18-7-6-10-33-17-18)21(16-32)26(34-11-3-4-12-34)35(22)20-9-5-8-19(13-20)28(29,30)31/h3-13,17,24H,14-15H2,1-2H3. The zero-order valence-corrected chi connectivity index (χ0v) is 19.8. The van der Waals surface area contributed by atoms with Crippen molar-refractivity contribution in [3.05, 3.63) is 101 Å². The van der Waals surface area contributed by atoms with Crippen LogP contribution in [0, 0.1) is 16.7 Å². The van der Waals surface area contributed by atoms with Crippen LogP contribution in [0.1, 0.15) is 43.7 Å². The van der Waals surface area contributed by atoms with Gasteiger partial charge in [0.2, 0.25) is 0 Å². The molecular formula is C28H23F3N4O. The zero-order chi connectivity index (χ0) is 25.7. The van der Waals surface area contributed by atoms with Crippen LogP contribution in [0.5, 0.6) is 0 Å². The van der Waals surface area contributed by atoms with Crippen molar-refractivity contribution in [2.24, 2.45) is 5.41 Å². The van der Waals surface area contributed by atoms with Crippen LogP contribution in [-0.4, -0.2) is 15.3 Å². The molecule has 8 heteroatoms. The first kappa shape index (κ1) is 23.6. The van der Waals surface area contributed by atoms with Gasteiger partial charge in [0.25, 0.3) is 0 Å². The molecule has 1 aliphatic heterocycles. The second kappa shape index (κ2) is 8.52. The van der Waals surface area contributed by atoms with Gasteiger partial charge in [-0.3, -0.25) is 14.7 Å². The first-order valence-corrected chi connectivity index (χ1v) is 11.5. The van der Waals surface area contributed by atoms with E-state index in [0.29, 0.717) is 29.1 Å². The molecule has 0 radical (unpaired) electrons. The van der Waals surface area contributed by atoms with Crippen LogP contribution >= 0.6 is 0 Å². The Morgan fingerprint density at radius 3 is 2.47 bits per heavy atom. The van der Waals surface area contributed by atoms with Crippen LogP contribution in [0.15, 0.2) is 90.2 Å². The Hall–Kier alpha value is -4.12. The fraction of sp³-hybridized carbons (Fsp3) is 0.250. The number of ketones is 1. The van der Waals surface area contributed by atoms with Gasteiger partial charge in [0.05, 0.1) is 23.1 Å². The molecule has 0 spiro atoms. The van der Waals surface area contributed by atoms with Crippen molar-refractivity contribution in [2.45, 2.75) is 38.8 Å². The monoisotopic (exact) mass is 488 g/mol. The van der Waals surface area contributed by atoms with E-state index in [4.69, 9.17) is 0 Å². The number of allylic oxidation sites excluding steroid dienone is 3. The lowest BCUT2D eigenvalue weighted by atomic mass is 9.68. The van der Waals surface area contributed by atoms with Gasteiger partial charge in [0.1, 0.15) is 5.82 Å². The van der Waals surface area contributed by atoms with Gasteiger partial charge in [-0.15, -0.1) is 0 Å². The van der Waals surface area contributed by atoms with E-state index in [2.05, 4.69) is 11.1 Å². The van der Waals surface area contributed by atoms with Crippen molar-refractivity contribution in [3.8, 4) is 6.07 Å². The van der Waals surface area contributed by atoms with Gasteiger partial charge in [-0.25, -0.2) is 0 Å². The van der Waals surface area contributed by atoms with Crippen LogP contribution in [0.4, 0.5) is 18.9 Å². The van der Waals surface area contributed by atoms with Crippen molar-refractivity contribution in [1.29, 1.82) is 5.26 Å². The Morgan fingerprint density at radius 2 is 1.83 bits per heavy atom. The number of hydrogen-bond donors (Lipinski definition) is 0. The highest BCUT2D eigenvalue weighted by Gasteiger charge is 2.46. The van der Waals surface area contributed by atoms with Gasteiger partial charge in [0.15, 0.2) is 5.78 Å². The highest BCUT2D eigenvalue weighted by Crippen LogP contribution is 2.52. The Balaban J connectivity index is 1.86. The normalized spacial score (nSPS) is 19.8. The Bertz CT molecular complexity index is 1430. The van der Waals surface area contributed by atoms with Crippen molar-refractivity contribution in [2.75, 3.05) is 4.90 Å². The molecule has 0 saturated carbocycles. The van der Waals surface area contributed by atoms with Gasteiger partial charge in [-0.05, 0) is 53.8 Å². The lowest BCUT2D eigenvalue weighted by molar-refractivity contribution is -0.137. The molecule has 3 aromatic rings. The zero-order valence-electron chi connectivity index (χ0n) is 19.8. The van der Waals surface area contributed by atoms with Gasteiger partial charge in [-0.2, -0.15) is 18.4 Å². The van der Waals surface area contributed by atoms with E-state index in [9.17, 15) is 23.2 Å². The van der Waals surface area contributed by atoms with E-state index in [1.807, 2.05) is 19.9 Å². The van der Waals surface area contributed by atoms with E-state index in [1.54, 1.807) is 58.5 Å². The van der Waals surface area contributed by atoms with Crippen LogP contribution in [0.25, 0.3) is 5.82 Å². The average molecular weight is 489 g/mol. The SMILES string of the molecule is CC1(C)CC(=O)C2=C(C1)N(c1cccc(C(F)(F)F)c1)C(n1cccc1)=C(C#N)C2c1cccnc1. The molecule has 5 rings (SSSR count). The summed E-state index contributed by atoms with van der Waals surface area (Å²) in [5.74, 6) is -0.395. The summed E-state index contributed by atoms with van der Waals surface area (Å²) in [7, 11) is 0. The summed E-state index contributed by atoms with van der Waals surface area (Å²) in [5, 5.41) is 10.4. The van der Waals surface area contributed by atoms with Gasteiger partial charge in [-0.1, -0.05) is 26.0 Å². The number of rotatable bonds is 3. The lowest BCUT2D eigenvalue weighted by Gasteiger charge is -2.45. The van der Waals surface area contributed by atoms with Crippen molar-refractivity contribution in [3.63, 3.8) is 0 Å². The quantitative estimate of drug-likeness (QED) is 0.420. The van der Waals surface area contributed by atoms with Gasteiger partial charge < -0.3 is 4.57 Å². The smallest absolute Gasteiger partial charge is 0.309 e. The third kappa shape index (κ3) is 4.01. The average Bonchev–Trinajstić information content (AvgIpc) is 3.36. The minimum atomic E-state index is -4.54. The molecule has 1 atom stereocenters. The molecule has 36 heavy (non-hydrogen) atoms. The van der Waals surface area contributed by atoms with Crippen LogP contribution in [-0.2, 0) is 11.0 Å². The van der Waals surface area contributed by atoms with Crippen LogP contribution in [0.3, 0.4) is 0 Å². The number of benzene rings is 1. The summed E-state index contributed by atoms with van der Waals surface area (Å²) in [6.45, 7) is 3.94. The number of nitrogens with zero attached hydrogens (tertiary/aromatic N) is 4. The third-order valence-electron chi connectivity index (χ3n) is 6.62. The molecule has 3 heterocycles. The van der Waals surface area contributed by atoms with E-state index in [1.165, 1.54) is 6.07 Å². The summed E-state index contributed by atoms with van der Waals surface area (Å²) in [6, 6.07) is 14.4. The number of pyridine rings is 1. The summed E-state index contributed by atoms with van der Waals surface area (Å²) in [6.07, 6.45) is 2.92. The number of alkyl halides is 3. The molecule has 0 bridgehead atoms. The topological polar surface area (TPSA) is 61.9 Å². The number of halogens is 3. The molecule has 0 N–H and O–H groups in total. The Morgan fingerprint density at radius 1 is 1.08 bits per heavy atom. The first-order valence-electron chi connectivity index (χ1n) is 11.5. The number of carbonyl (C=O) groups excluding carboxylic acids is 1. The molecule has 0 saturated heterocycles. The number of anilines is 1. The van der Waals surface area contributed by atoms with E-state index in [0.717, 1.165) is 12.1 Å². The van der Waals surface area contributed by atoms with Gasteiger partial charge >= 0.3 is 6.18 Å². The number of carbonyl (C=O) groups is 1. The van der Waals surface area contributed by atoms with Crippen LogP contribution < -0.4 is 4.90 Å². The number of hydrogen-bond acceptors (Lipinski definition) is 4. The number of aromatic nitrogens is 2. The van der Waals surface area contributed by atoms with Crippen LogP contribution in [0.2, 0.25) is 0 Å². The molecule has 2 aliphatic rings. The second-order valence-electron chi connectivity index (χ2n) is 9.84. The van der Waals surface area contributed by atoms with E-state index in [-0.39, 0.29) is 23.5 Å². The summed E-state index contributed by atoms with van der Waals surface area (Å²) in [4.78, 5) is 19.5. The molecule has 0 amide bonds. The maximum atomic E-state index is 13.7. The maximum absolute atomic E-state index is 13.7. The molecule has 2 aromatic heterocycles. The molecule has 1 unspecified atom stereocenters. The number of Topliss-reactive ketones (excluding diaryl/α,β-unsaturated/α-hetero) is 1. The van der Waals surface area contributed by atoms with Gasteiger partial charge in [0, 0.05) is 48.2 Å². The molecule has 182 valence electrons. The minimum Gasteiger partial charge on any atom is -0.309 e. The predicted octanol–water partition coefficient (Wildman–Crippen LogP) is 6.54. The van der Waals surface area contributed by atoms with Crippen molar-refractivity contribution in [1.82, 2.24) is 9.55 Å². The predicted molar refractivity (Wildman–Crippen MR) is 129 cm³/mol. The second-order valence-corrected chi connectivity index (χ2v) is 9.84. The first-order chi connectivity index (χ1) is 17.1. The summed E-state index contributed by atoms with van der Waals surface area (Å²) < 4.78 is 42.8. The Labute approximate surface area is 206 Å². The van der Waals surface area contributed by atoms with E-state index >= 15 is 0 Å². The number of nitriles is 1. The molecular weight excluding hydrogens is 465 g/mol. The largest absolute Gasteiger partial charge is 0.416 e. The minimum absolute atomic E-state index is 0.119. The fourth-order valence-corrected chi connectivity index (χ4v) is 5.17. The Kier molecular flexibility index (Phi) is 5.59. The molecule has 1 aromatic carbocycles. The molecule has 0 fully saturated rings. The summed E-state index contributed by atoms with van der Waals surface area (Å²) in [5.41, 5.74) is 1.01. The third-order valence-corrected chi connectivity index (χ3v) is 6.62. The van der Waals surface area contributed by atoms with Crippen molar-refractivity contribution >= 4 is 17.3 Å². The highest BCUT2D eigenvalue weighted by atomic mass is 19.4. The van der Waals surface area contributed by atoms with E-state index < -0.39 is 23.1 Å².